The number of nitrogens with one attached hydrogen (secondary N) is 1. The Morgan fingerprint density at radius 1 is 1.05 bits per heavy atom. The highest BCUT2D eigenvalue weighted by atomic mass is 16.3. The summed E-state index contributed by atoms with van der Waals surface area (Å²) in [6.45, 7) is 2.56. The quantitative estimate of drug-likeness (QED) is 0.690. The van der Waals surface area contributed by atoms with E-state index >= 15 is 0 Å². The first-order chi connectivity index (χ1) is 10.4. The molecule has 0 amide bonds. The molecular formula is C16H19N3O2. The second-order valence-corrected chi connectivity index (χ2v) is 5.08. The third-order valence-electron chi connectivity index (χ3n) is 3.41. The first kappa shape index (κ1) is 13.7. The highest BCUT2D eigenvalue weighted by molar-refractivity contribution is 5.03. The minimum absolute atomic E-state index is 0.791. The number of aromatic nitrogens is 2. The predicted molar refractivity (Wildman–Crippen MR) is 78.4 cm³/mol. The van der Waals surface area contributed by atoms with Gasteiger partial charge in [-0.25, -0.2) is 0 Å². The van der Waals surface area contributed by atoms with Crippen LogP contribution in [-0.2, 0) is 19.5 Å². The van der Waals surface area contributed by atoms with E-state index in [1.165, 1.54) is 5.56 Å². The van der Waals surface area contributed by atoms with Crippen molar-refractivity contribution in [2.24, 2.45) is 0 Å². The van der Waals surface area contributed by atoms with Crippen LogP contribution in [-0.4, -0.2) is 21.6 Å². The summed E-state index contributed by atoms with van der Waals surface area (Å²) < 4.78 is 10.9. The van der Waals surface area contributed by atoms with Gasteiger partial charge < -0.3 is 8.83 Å². The van der Waals surface area contributed by atoms with Crippen LogP contribution in [0.5, 0.6) is 0 Å². The van der Waals surface area contributed by atoms with Gasteiger partial charge >= 0.3 is 0 Å². The van der Waals surface area contributed by atoms with E-state index in [-0.39, 0.29) is 0 Å². The van der Waals surface area contributed by atoms with Gasteiger partial charge in [0.05, 0.1) is 31.8 Å². The topological polar surface area (TPSA) is 58.2 Å². The van der Waals surface area contributed by atoms with Crippen molar-refractivity contribution in [3.63, 3.8) is 0 Å². The molecule has 0 fully saturated rings. The second-order valence-electron chi connectivity index (χ2n) is 5.08. The predicted octanol–water partition coefficient (Wildman–Crippen LogP) is 3.23. The molecule has 3 aromatic rings. The van der Waals surface area contributed by atoms with Crippen LogP contribution in [0.3, 0.4) is 0 Å². The van der Waals surface area contributed by atoms with Crippen LogP contribution in [0.2, 0.25) is 0 Å². The van der Waals surface area contributed by atoms with Crippen LogP contribution in [0.4, 0.5) is 0 Å². The van der Waals surface area contributed by atoms with E-state index in [0.29, 0.717) is 0 Å². The van der Waals surface area contributed by atoms with Crippen molar-refractivity contribution in [1.82, 2.24) is 15.1 Å². The van der Waals surface area contributed by atoms with Crippen molar-refractivity contribution in [3.05, 3.63) is 66.3 Å². The van der Waals surface area contributed by atoms with Crippen molar-refractivity contribution in [2.75, 3.05) is 6.54 Å². The number of rotatable bonds is 8. The van der Waals surface area contributed by atoms with Gasteiger partial charge in [-0.15, -0.1) is 0 Å². The van der Waals surface area contributed by atoms with E-state index in [4.69, 9.17) is 8.83 Å². The molecule has 0 saturated heterocycles. The monoisotopic (exact) mass is 285 g/mol. The molecule has 3 aromatic heterocycles. The number of hydrogen-bond acceptors (Lipinski definition) is 4. The zero-order chi connectivity index (χ0) is 14.3. The summed E-state index contributed by atoms with van der Waals surface area (Å²) in [7, 11) is 0. The summed E-state index contributed by atoms with van der Waals surface area (Å²) in [4.78, 5) is 2.33. The molecule has 110 valence electrons. The maximum atomic E-state index is 5.45. The molecule has 0 unspecified atom stereocenters. The van der Waals surface area contributed by atoms with Crippen molar-refractivity contribution < 1.29 is 8.83 Å². The molecule has 0 aliphatic heterocycles. The molecular weight excluding hydrogens is 266 g/mol. The second kappa shape index (κ2) is 6.95. The van der Waals surface area contributed by atoms with Gasteiger partial charge in [-0.05, 0) is 49.2 Å². The van der Waals surface area contributed by atoms with Crippen LogP contribution in [0.1, 0.15) is 23.5 Å². The van der Waals surface area contributed by atoms with Gasteiger partial charge in [0.25, 0.3) is 0 Å². The van der Waals surface area contributed by atoms with Gasteiger partial charge in [0.1, 0.15) is 11.5 Å². The lowest BCUT2D eigenvalue weighted by Crippen LogP contribution is -2.24. The average Bonchev–Trinajstić information content (AvgIpc) is 3.22. The van der Waals surface area contributed by atoms with Crippen LogP contribution in [0, 0.1) is 0 Å². The van der Waals surface area contributed by atoms with Crippen molar-refractivity contribution in [1.29, 1.82) is 0 Å². The Hall–Kier alpha value is -2.27. The molecule has 3 rings (SSSR count). The summed E-state index contributed by atoms with van der Waals surface area (Å²) in [6.07, 6.45) is 9.34. The fourth-order valence-corrected chi connectivity index (χ4v) is 2.38. The molecule has 0 atom stereocenters. The van der Waals surface area contributed by atoms with Gasteiger partial charge in [-0.1, -0.05) is 0 Å². The fourth-order valence-electron chi connectivity index (χ4n) is 2.38. The molecule has 0 saturated carbocycles. The Bertz CT molecular complexity index is 564. The van der Waals surface area contributed by atoms with Gasteiger partial charge in [0.15, 0.2) is 0 Å². The molecule has 0 spiro atoms. The smallest absolute Gasteiger partial charge is 0.117 e. The van der Waals surface area contributed by atoms with Gasteiger partial charge in [0, 0.05) is 6.20 Å². The first-order valence-corrected chi connectivity index (χ1v) is 7.15. The van der Waals surface area contributed by atoms with E-state index in [0.717, 1.165) is 44.0 Å². The number of aromatic amines is 1. The Balaban J connectivity index is 1.55. The lowest BCUT2D eigenvalue weighted by Gasteiger charge is -2.19. The van der Waals surface area contributed by atoms with Crippen molar-refractivity contribution in [2.45, 2.75) is 25.9 Å². The summed E-state index contributed by atoms with van der Waals surface area (Å²) >= 11 is 0. The van der Waals surface area contributed by atoms with E-state index in [2.05, 4.69) is 15.1 Å². The molecule has 0 radical (unpaired) electrons. The Morgan fingerprint density at radius 3 is 2.29 bits per heavy atom. The summed E-state index contributed by atoms with van der Waals surface area (Å²) in [6, 6.07) is 7.86. The molecule has 0 bridgehead atoms. The SMILES string of the molecule is c1coc(CN(CCCc2cn[nH]c2)Cc2ccco2)c1. The van der Waals surface area contributed by atoms with Gasteiger partial charge in [-0.2, -0.15) is 5.10 Å². The lowest BCUT2D eigenvalue weighted by atomic mass is 10.2. The Kier molecular flexibility index (Phi) is 4.53. The Labute approximate surface area is 123 Å². The van der Waals surface area contributed by atoms with Crippen molar-refractivity contribution >= 4 is 0 Å². The van der Waals surface area contributed by atoms with Crippen LogP contribution >= 0.6 is 0 Å². The van der Waals surface area contributed by atoms with E-state index in [1.54, 1.807) is 12.5 Å². The summed E-state index contributed by atoms with van der Waals surface area (Å²) in [5.74, 6) is 1.95. The van der Waals surface area contributed by atoms with Gasteiger partial charge in [0.2, 0.25) is 0 Å². The standard InChI is InChI=1S/C16H19N3O2/c1(4-14-10-17-18-11-14)7-19(12-15-5-2-8-20-15)13-16-6-3-9-21-16/h2-3,5-6,8-11H,1,4,7,12-13H2,(H,17,18). The molecule has 5 nitrogen and oxygen atoms in total. The Morgan fingerprint density at radius 2 is 1.76 bits per heavy atom. The molecule has 0 aliphatic rings. The number of furan rings is 2. The molecule has 1 N–H and O–H groups in total. The molecule has 5 heteroatoms. The zero-order valence-corrected chi connectivity index (χ0v) is 11.9. The summed E-state index contributed by atoms with van der Waals surface area (Å²) in [5.41, 5.74) is 1.24. The number of aryl methyl sites for hydroxylation is 1. The number of hydrogen-bond donors (Lipinski definition) is 1. The minimum Gasteiger partial charge on any atom is -0.468 e. The third kappa shape index (κ3) is 4.10. The van der Waals surface area contributed by atoms with Gasteiger partial charge in [-0.3, -0.25) is 10.00 Å². The van der Waals surface area contributed by atoms with E-state index in [1.807, 2.05) is 36.7 Å². The zero-order valence-electron chi connectivity index (χ0n) is 11.9. The molecule has 0 aliphatic carbocycles. The van der Waals surface area contributed by atoms with Crippen LogP contribution < -0.4 is 0 Å². The van der Waals surface area contributed by atoms with Crippen molar-refractivity contribution in [3.8, 4) is 0 Å². The molecule has 0 aromatic carbocycles. The number of H-pyrrole nitrogens is 1. The molecule has 3 heterocycles. The largest absolute Gasteiger partial charge is 0.468 e. The lowest BCUT2D eigenvalue weighted by molar-refractivity contribution is 0.215. The van der Waals surface area contributed by atoms with Crippen LogP contribution in [0.15, 0.2) is 58.0 Å². The third-order valence-corrected chi connectivity index (χ3v) is 3.41. The maximum absolute atomic E-state index is 5.45. The highest BCUT2D eigenvalue weighted by Gasteiger charge is 2.10. The van der Waals surface area contributed by atoms with Crippen LogP contribution in [0.25, 0.3) is 0 Å². The van der Waals surface area contributed by atoms with E-state index in [9.17, 15) is 0 Å². The maximum Gasteiger partial charge on any atom is 0.117 e. The first-order valence-electron chi connectivity index (χ1n) is 7.15. The summed E-state index contributed by atoms with van der Waals surface area (Å²) in [5, 5.41) is 6.82. The average molecular weight is 285 g/mol. The van der Waals surface area contributed by atoms with E-state index < -0.39 is 0 Å². The molecule has 21 heavy (non-hydrogen) atoms. The fraction of sp³-hybridized carbons (Fsp3) is 0.312. The normalized spacial score (nSPS) is 11.3. The highest BCUT2D eigenvalue weighted by Crippen LogP contribution is 2.12. The minimum atomic E-state index is 0.791. The number of nitrogens with zero attached hydrogens (tertiary/aromatic N) is 2.